The Kier molecular flexibility index (Phi) is 5.31. The second-order valence-electron chi connectivity index (χ2n) is 6.36. The minimum Gasteiger partial charge on any atom is -0.481 e. The Morgan fingerprint density at radius 3 is 2.04 bits per heavy atom. The highest BCUT2D eigenvalue weighted by Gasteiger charge is 2.24. The van der Waals surface area contributed by atoms with E-state index in [-0.39, 0.29) is 24.3 Å². The molecule has 0 heterocycles. The Bertz CT molecular complexity index is 798. The van der Waals surface area contributed by atoms with Crippen molar-refractivity contribution < 1.29 is 19.5 Å². The van der Waals surface area contributed by atoms with Crippen LogP contribution in [0.1, 0.15) is 51.6 Å². The highest BCUT2D eigenvalue weighted by Crippen LogP contribution is 2.20. The van der Waals surface area contributed by atoms with Crippen LogP contribution in [0.2, 0.25) is 0 Å². The van der Waals surface area contributed by atoms with Gasteiger partial charge in [0.15, 0.2) is 0 Å². The SMILES string of the molecule is O=C(O)CC(NC(=O)c1ccc(C(=O)NC2CC2)cc1)c1ccccc1. The van der Waals surface area contributed by atoms with E-state index < -0.39 is 12.0 Å². The molecule has 134 valence electrons. The van der Waals surface area contributed by atoms with Crippen molar-refractivity contribution in [2.75, 3.05) is 0 Å². The monoisotopic (exact) mass is 352 g/mol. The highest BCUT2D eigenvalue weighted by molar-refractivity contribution is 5.98. The van der Waals surface area contributed by atoms with Crippen molar-refractivity contribution >= 4 is 17.8 Å². The van der Waals surface area contributed by atoms with Crippen LogP contribution in [0.25, 0.3) is 0 Å². The van der Waals surface area contributed by atoms with Gasteiger partial charge in [-0.2, -0.15) is 0 Å². The van der Waals surface area contributed by atoms with E-state index in [4.69, 9.17) is 5.11 Å². The van der Waals surface area contributed by atoms with E-state index in [0.717, 1.165) is 18.4 Å². The van der Waals surface area contributed by atoms with Crippen LogP contribution in [0.3, 0.4) is 0 Å². The number of amides is 2. The van der Waals surface area contributed by atoms with Crippen LogP contribution in [-0.2, 0) is 4.79 Å². The Balaban J connectivity index is 1.68. The van der Waals surface area contributed by atoms with Gasteiger partial charge in [-0.15, -0.1) is 0 Å². The predicted octanol–water partition coefficient (Wildman–Crippen LogP) is 2.52. The number of hydrogen-bond donors (Lipinski definition) is 3. The number of nitrogens with one attached hydrogen (secondary N) is 2. The lowest BCUT2D eigenvalue weighted by atomic mass is 10.0. The zero-order chi connectivity index (χ0) is 18.5. The first-order chi connectivity index (χ1) is 12.5. The summed E-state index contributed by atoms with van der Waals surface area (Å²) in [5, 5.41) is 14.7. The molecular formula is C20H20N2O4. The van der Waals surface area contributed by atoms with E-state index in [0.29, 0.717) is 11.1 Å². The van der Waals surface area contributed by atoms with Gasteiger partial charge in [-0.05, 0) is 42.7 Å². The summed E-state index contributed by atoms with van der Waals surface area (Å²) in [5.74, 6) is -1.52. The van der Waals surface area contributed by atoms with E-state index in [9.17, 15) is 14.4 Å². The molecule has 2 amide bonds. The average molecular weight is 352 g/mol. The number of aliphatic carboxylic acids is 1. The van der Waals surface area contributed by atoms with Crippen molar-refractivity contribution in [3.8, 4) is 0 Å². The van der Waals surface area contributed by atoms with E-state index in [1.807, 2.05) is 6.07 Å². The molecule has 1 aliphatic carbocycles. The largest absolute Gasteiger partial charge is 0.481 e. The number of carboxylic acids is 1. The molecule has 0 radical (unpaired) electrons. The molecular weight excluding hydrogens is 332 g/mol. The summed E-state index contributed by atoms with van der Waals surface area (Å²) >= 11 is 0. The molecule has 6 heteroatoms. The third-order valence-electron chi connectivity index (χ3n) is 4.21. The van der Waals surface area contributed by atoms with Crippen LogP contribution >= 0.6 is 0 Å². The molecule has 0 aromatic heterocycles. The molecule has 1 saturated carbocycles. The number of carboxylic acid groups (broad SMARTS) is 1. The normalized spacial score (nSPS) is 14.3. The van der Waals surface area contributed by atoms with Crippen LogP contribution in [0, 0.1) is 0 Å². The smallest absolute Gasteiger partial charge is 0.305 e. The topological polar surface area (TPSA) is 95.5 Å². The second-order valence-corrected chi connectivity index (χ2v) is 6.36. The molecule has 0 aliphatic heterocycles. The van der Waals surface area contributed by atoms with Gasteiger partial charge in [0.05, 0.1) is 12.5 Å². The number of carbonyl (C=O) groups excluding carboxylic acids is 2. The molecule has 1 fully saturated rings. The van der Waals surface area contributed by atoms with Gasteiger partial charge in [-0.1, -0.05) is 30.3 Å². The van der Waals surface area contributed by atoms with Crippen molar-refractivity contribution in [1.29, 1.82) is 0 Å². The zero-order valence-corrected chi connectivity index (χ0v) is 14.1. The van der Waals surface area contributed by atoms with Crippen molar-refractivity contribution in [3.05, 3.63) is 71.3 Å². The highest BCUT2D eigenvalue weighted by atomic mass is 16.4. The maximum Gasteiger partial charge on any atom is 0.305 e. The quantitative estimate of drug-likeness (QED) is 0.713. The third kappa shape index (κ3) is 4.69. The molecule has 1 aliphatic rings. The first kappa shape index (κ1) is 17.7. The lowest BCUT2D eigenvalue weighted by Crippen LogP contribution is -2.30. The second kappa shape index (κ2) is 7.82. The number of rotatable bonds is 7. The first-order valence-corrected chi connectivity index (χ1v) is 8.51. The van der Waals surface area contributed by atoms with E-state index in [1.165, 1.54) is 0 Å². The molecule has 3 rings (SSSR count). The first-order valence-electron chi connectivity index (χ1n) is 8.51. The van der Waals surface area contributed by atoms with Crippen LogP contribution in [0.4, 0.5) is 0 Å². The van der Waals surface area contributed by atoms with E-state index in [1.54, 1.807) is 48.5 Å². The molecule has 3 N–H and O–H groups in total. The van der Waals surface area contributed by atoms with Gasteiger partial charge in [0, 0.05) is 17.2 Å². The summed E-state index contributed by atoms with van der Waals surface area (Å²) in [5.41, 5.74) is 1.60. The fourth-order valence-electron chi connectivity index (χ4n) is 2.62. The minimum atomic E-state index is -0.994. The minimum absolute atomic E-state index is 0.146. The van der Waals surface area contributed by atoms with Gasteiger partial charge < -0.3 is 15.7 Å². The molecule has 1 atom stereocenters. The zero-order valence-electron chi connectivity index (χ0n) is 14.1. The average Bonchev–Trinajstić information content (AvgIpc) is 3.45. The van der Waals surface area contributed by atoms with Gasteiger partial charge in [-0.3, -0.25) is 14.4 Å². The number of carbonyl (C=O) groups is 3. The Morgan fingerprint density at radius 2 is 1.50 bits per heavy atom. The van der Waals surface area contributed by atoms with Crippen LogP contribution in [0.15, 0.2) is 54.6 Å². The maximum atomic E-state index is 12.5. The van der Waals surface area contributed by atoms with Crippen molar-refractivity contribution in [1.82, 2.24) is 10.6 Å². The van der Waals surface area contributed by atoms with Gasteiger partial charge >= 0.3 is 5.97 Å². The van der Waals surface area contributed by atoms with Crippen molar-refractivity contribution in [2.45, 2.75) is 31.3 Å². The van der Waals surface area contributed by atoms with E-state index >= 15 is 0 Å². The number of hydrogen-bond acceptors (Lipinski definition) is 3. The fourth-order valence-corrected chi connectivity index (χ4v) is 2.62. The van der Waals surface area contributed by atoms with Gasteiger partial charge in [0.1, 0.15) is 0 Å². The molecule has 0 saturated heterocycles. The fraction of sp³-hybridized carbons (Fsp3) is 0.250. The summed E-state index contributed by atoms with van der Waals surface area (Å²) in [6.45, 7) is 0. The summed E-state index contributed by atoms with van der Waals surface area (Å²) in [6.07, 6.45) is 1.81. The Morgan fingerprint density at radius 1 is 0.923 bits per heavy atom. The molecule has 2 aromatic carbocycles. The summed E-state index contributed by atoms with van der Waals surface area (Å²) in [6, 6.07) is 15.0. The lowest BCUT2D eigenvalue weighted by molar-refractivity contribution is -0.137. The third-order valence-corrected chi connectivity index (χ3v) is 4.21. The van der Waals surface area contributed by atoms with Crippen molar-refractivity contribution in [2.24, 2.45) is 0 Å². The van der Waals surface area contributed by atoms with E-state index in [2.05, 4.69) is 10.6 Å². The molecule has 2 aromatic rings. The van der Waals surface area contributed by atoms with Gasteiger partial charge in [0.25, 0.3) is 11.8 Å². The summed E-state index contributed by atoms with van der Waals surface area (Å²) in [4.78, 5) is 35.6. The Hall–Kier alpha value is -3.15. The van der Waals surface area contributed by atoms with Gasteiger partial charge in [0.2, 0.25) is 0 Å². The standard InChI is InChI=1S/C20H20N2O4/c23-18(24)12-17(13-4-2-1-3-5-13)22-20(26)15-8-6-14(7-9-15)19(25)21-16-10-11-16/h1-9,16-17H,10-12H2,(H,21,25)(H,22,26)(H,23,24). The Labute approximate surface area is 151 Å². The molecule has 0 bridgehead atoms. The lowest BCUT2D eigenvalue weighted by Gasteiger charge is -2.17. The van der Waals surface area contributed by atoms with Crippen LogP contribution in [-0.4, -0.2) is 28.9 Å². The number of benzene rings is 2. The molecule has 0 spiro atoms. The molecule has 1 unspecified atom stereocenters. The summed E-state index contributed by atoms with van der Waals surface area (Å²) < 4.78 is 0. The molecule has 6 nitrogen and oxygen atoms in total. The summed E-state index contributed by atoms with van der Waals surface area (Å²) in [7, 11) is 0. The van der Waals surface area contributed by atoms with Crippen LogP contribution in [0.5, 0.6) is 0 Å². The van der Waals surface area contributed by atoms with Gasteiger partial charge in [-0.25, -0.2) is 0 Å². The molecule has 26 heavy (non-hydrogen) atoms. The van der Waals surface area contributed by atoms with Crippen molar-refractivity contribution in [3.63, 3.8) is 0 Å². The predicted molar refractivity (Wildman–Crippen MR) is 95.8 cm³/mol. The maximum absolute atomic E-state index is 12.5. The van der Waals surface area contributed by atoms with Crippen LogP contribution < -0.4 is 10.6 Å².